The molecule has 0 amide bonds. The summed E-state index contributed by atoms with van der Waals surface area (Å²) < 4.78 is 16.1. The van der Waals surface area contributed by atoms with Crippen LogP contribution in [0.4, 0.5) is 0 Å². The van der Waals surface area contributed by atoms with Crippen molar-refractivity contribution in [3.8, 4) is 11.5 Å². The van der Waals surface area contributed by atoms with Crippen LogP contribution in [0.3, 0.4) is 0 Å². The lowest BCUT2D eigenvalue weighted by Gasteiger charge is -2.34. The molecule has 1 aliphatic heterocycles. The Balaban J connectivity index is 1.51. The zero-order valence-corrected chi connectivity index (χ0v) is 17.0. The van der Waals surface area contributed by atoms with Crippen molar-refractivity contribution in [1.82, 2.24) is 19.9 Å². The highest BCUT2D eigenvalue weighted by Gasteiger charge is 2.24. The third kappa shape index (κ3) is 4.99. The lowest BCUT2D eigenvalue weighted by Crippen LogP contribution is -2.45. The van der Waals surface area contributed by atoms with Gasteiger partial charge >= 0.3 is 0 Å². The number of hydrogen-bond acceptors (Lipinski definition) is 7. The van der Waals surface area contributed by atoms with E-state index in [4.69, 9.17) is 14.0 Å². The van der Waals surface area contributed by atoms with Gasteiger partial charge in [0.2, 0.25) is 5.89 Å². The van der Waals surface area contributed by atoms with E-state index in [1.165, 1.54) is 5.56 Å². The molecule has 2 aromatic rings. The third-order valence-electron chi connectivity index (χ3n) is 4.79. The molecule has 2 heterocycles. The van der Waals surface area contributed by atoms with Gasteiger partial charge in [0.05, 0.1) is 20.8 Å². The fourth-order valence-electron chi connectivity index (χ4n) is 3.17. The first-order chi connectivity index (χ1) is 12.9. The highest BCUT2D eigenvalue weighted by Crippen LogP contribution is 2.28. The van der Waals surface area contributed by atoms with Crippen LogP contribution in [-0.4, -0.2) is 60.3 Å². The summed E-state index contributed by atoms with van der Waals surface area (Å²) >= 11 is 0. The van der Waals surface area contributed by atoms with Crippen molar-refractivity contribution in [2.45, 2.75) is 39.3 Å². The molecular formula is C20H30N4O3. The van der Waals surface area contributed by atoms with E-state index < -0.39 is 0 Å². The minimum atomic E-state index is -0.108. The Hall–Kier alpha value is -2.12. The average Bonchev–Trinajstić information content (AvgIpc) is 3.12. The van der Waals surface area contributed by atoms with Crippen LogP contribution in [0.15, 0.2) is 22.7 Å². The van der Waals surface area contributed by atoms with Gasteiger partial charge in [-0.3, -0.25) is 9.80 Å². The zero-order valence-electron chi connectivity index (χ0n) is 17.0. The molecule has 0 saturated carbocycles. The number of piperazine rings is 1. The van der Waals surface area contributed by atoms with Gasteiger partial charge in [0.1, 0.15) is 0 Å². The predicted octanol–water partition coefficient (Wildman–Crippen LogP) is 2.70. The average molecular weight is 374 g/mol. The highest BCUT2D eigenvalue weighted by molar-refractivity contribution is 5.42. The van der Waals surface area contributed by atoms with E-state index in [-0.39, 0.29) is 5.41 Å². The van der Waals surface area contributed by atoms with Crippen molar-refractivity contribution in [2.75, 3.05) is 40.4 Å². The summed E-state index contributed by atoms with van der Waals surface area (Å²) in [4.78, 5) is 9.37. The van der Waals surface area contributed by atoms with Crippen LogP contribution >= 0.6 is 0 Å². The Morgan fingerprint density at radius 2 is 1.59 bits per heavy atom. The summed E-state index contributed by atoms with van der Waals surface area (Å²) in [6.45, 7) is 11.9. The molecule has 27 heavy (non-hydrogen) atoms. The molecule has 0 atom stereocenters. The SMILES string of the molecule is COc1ccc(CN2CCN(Cc3noc(C(C)(C)C)n3)CC2)cc1OC. The Morgan fingerprint density at radius 1 is 0.963 bits per heavy atom. The Bertz CT molecular complexity index is 746. The molecule has 0 bridgehead atoms. The monoisotopic (exact) mass is 374 g/mol. The zero-order chi connectivity index (χ0) is 19.4. The summed E-state index contributed by atoms with van der Waals surface area (Å²) in [7, 11) is 3.33. The van der Waals surface area contributed by atoms with Gasteiger partial charge < -0.3 is 14.0 Å². The van der Waals surface area contributed by atoms with E-state index in [0.29, 0.717) is 5.89 Å². The van der Waals surface area contributed by atoms with Crippen molar-refractivity contribution in [2.24, 2.45) is 0 Å². The molecule has 0 aliphatic carbocycles. The van der Waals surface area contributed by atoms with Gasteiger partial charge in [-0.15, -0.1) is 0 Å². The summed E-state index contributed by atoms with van der Waals surface area (Å²) in [6.07, 6.45) is 0. The maximum absolute atomic E-state index is 5.40. The van der Waals surface area contributed by atoms with Gasteiger partial charge in [-0.2, -0.15) is 4.98 Å². The number of methoxy groups -OCH3 is 2. The smallest absolute Gasteiger partial charge is 0.232 e. The van der Waals surface area contributed by atoms with Gasteiger partial charge in [-0.25, -0.2) is 0 Å². The number of ether oxygens (including phenoxy) is 2. The molecule has 7 nitrogen and oxygen atoms in total. The van der Waals surface area contributed by atoms with E-state index in [9.17, 15) is 0 Å². The van der Waals surface area contributed by atoms with Crippen molar-refractivity contribution < 1.29 is 14.0 Å². The lowest BCUT2D eigenvalue weighted by atomic mass is 9.97. The molecule has 1 aliphatic rings. The second kappa shape index (κ2) is 8.27. The quantitative estimate of drug-likeness (QED) is 0.770. The summed E-state index contributed by atoms with van der Waals surface area (Å²) in [5.41, 5.74) is 1.12. The minimum absolute atomic E-state index is 0.108. The van der Waals surface area contributed by atoms with E-state index >= 15 is 0 Å². The fourth-order valence-corrected chi connectivity index (χ4v) is 3.17. The standard InChI is InChI=1S/C20H30N4O3/c1-20(2,3)19-21-18(22-27-19)14-24-10-8-23(9-11-24)13-15-6-7-16(25-4)17(12-15)26-5/h6-7,12H,8-11,13-14H2,1-5H3. The van der Waals surface area contributed by atoms with Gasteiger partial charge in [0.15, 0.2) is 17.3 Å². The molecular weight excluding hydrogens is 344 g/mol. The number of aromatic nitrogens is 2. The van der Waals surface area contributed by atoms with E-state index in [2.05, 4.69) is 52.8 Å². The Kier molecular flexibility index (Phi) is 6.01. The summed E-state index contributed by atoms with van der Waals surface area (Å²) in [6, 6.07) is 6.12. The van der Waals surface area contributed by atoms with Crippen LogP contribution in [0.25, 0.3) is 0 Å². The number of nitrogens with zero attached hydrogens (tertiary/aromatic N) is 4. The minimum Gasteiger partial charge on any atom is -0.493 e. The second-order valence-electron chi connectivity index (χ2n) is 8.01. The first-order valence-electron chi connectivity index (χ1n) is 9.37. The predicted molar refractivity (Wildman–Crippen MR) is 103 cm³/mol. The fraction of sp³-hybridized carbons (Fsp3) is 0.600. The Morgan fingerprint density at radius 3 is 2.15 bits per heavy atom. The van der Waals surface area contributed by atoms with Crippen LogP contribution < -0.4 is 9.47 Å². The molecule has 1 saturated heterocycles. The first kappa shape index (κ1) is 19.6. The number of hydrogen-bond donors (Lipinski definition) is 0. The van der Waals surface area contributed by atoms with E-state index in [0.717, 1.165) is 56.6 Å². The van der Waals surface area contributed by atoms with Gasteiger partial charge in [0.25, 0.3) is 0 Å². The largest absolute Gasteiger partial charge is 0.493 e. The molecule has 1 aromatic heterocycles. The van der Waals surface area contributed by atoms with Crippen LogP contribution in [0.2, 0.25) is 0 Å². The summed E-state index contributed by atoms with van der Waals surface area (Å²) in [5, 5.41) is 4.13. The molecule has 7 heteroatoms. The van der Waals surface area contributed by atoms with Crippen molar-refractivity contribution >= 4 is 0 Å². The van der Waals surface area contributed by atoms with E-state index in [1.54, 1.807) is 14.2 Å². The molecule has 1 fully saturated rings. The molecule has 0 N–H and O–H groups in total. The molecule has 1 aromatic carbocycles. The molecule has 3 rings (SSSR count). The highest BCUT2D eigenvalue weighted by atomic mass is 16.5. The number of rotatable bonds is 6. The summed E-state index contributed by atoms with van der Waals surface area (Å²) in [5.74, 6) is 3.01. The topological polar surface area (TPSA) is 63.9 Å². The molecule has 0 spiro atoms. The maximum atomic E-state index is 5.40. The first-order valence-corrected chi connectivity index (χ1v) is 9.37. The van der Waals surface area contributed by atoms with Crippen LogP contribution in [-0.2, 0) is 18.5 Å². The third-order valence-corrected chi connectivity index (χ3v) is 4.79. The van der Waals surface area contributed by atoms with Gasteiger partial charge in [0, 0.05) is 38.1 Å². The van der Waals surface area contributed by atoms with Crippen molar-refractivity contribution in [1.29, 1.82) is 0 Å². The van der Waals surface area contributed by atoms with E-state index in [1.807, 2.05) is 6.07 Å². The normalized spacial score (nSPS) is 16.5. The maximum Gasteiger partial charge on any atom is 0.232 e. The van der Waals surface area contributed by atoms with Gasteiger partial charge in [-0.05, 0) is 17.7 Å². The van der Waals surface area contributed by atoms with Crippen molar-refractivity contribution in [3.05, 3.63) is 35.5 Å². The van der Waals surface area contributed by atoms with Gasteiger partial charge in [-0.1, -0.05) is 32.0 Å². The second-order valence-corrected chi connectivity index (χ2v) is 8.01. The van der Waals surface area contributed by atoms with Crippen LogP contribution in [0.1, 0.15) is 38.0 Å². The van der Waals surface area contributed by atoms with Crippen LogP contribution in [0.5, 0.6) is 11.5 Å². The molecule has 0 radical (unpaired) electrons. The van der Waals surface area contributed by atoms with Crippen LogP contribution in [0, 0.1) is 0 Å². The molecule has 0 unspecified atom stereocenters. The molecule has 148 valence electrons. The lowest BCUT2D eigenvalue weighted by molar-refractivity contribution is 0.119. The number of benzene rings is 1. The Labute approximate surface area is 161 Å². The van der Waals surface area contributed by atoms with Crippen molar-refractivity contribution in [3.63, 3.8) is 0 Å².